The summed E-state index contributed by atoms with van der Waals surface area (Å²) in [7, 11) is 3.17. The van der Waals surface area contributed by atoms with E-state index in [1.54, 1.807) is 20.4 Å². The highest BCUT2D eigenvalue weighted by molar-refractivity contribution is 5.86. The molecule has 0 atom stereocenters. The molecule has 6 nitrogen and oxygen atoms in total. The summed E-state index contributed by atoms with van der Waals surface area (Å²) in [4.78, 5) is 11.9. The fraction of sp³-hybridized carbons (Fsp3) is 0.300. The summed E-state index contributed by atoms with van der Waals surface area (Å²) in [6.07, 6.45) is 1.59. The van der Waals surface area contributed by atoms with Crippen molar-refractivity contribution in [2.24, 2.45) is 5.10 Å². The minimum Gasteiger partial charge on any atom is -0.493 e. The SMILES string of the molecule is COc1cc(C)c(/C=N\NC(=O)CNc2ccc(C)c(C)c2)cc1OC. The topological polar surface area (TPSA) is 72.0 Å². The van der Waals surface area contributed by atoms with Crippen molar-refractivity contribution in [3.05, 3.63) is 52.6 Å². The van der Waals surface area contributed by atoms with Crippen LogP contribution >= 0.6 is 0 Å². The maximum atomic E-state index is 11.9. The predicted molar refractivity (Wildman–Crippen MR) is 104 cm³/mol. The summed E-state index contributed by atoms with van der Waals surface area (Å²) in [5.74, 6) is 1.05. The molecule has 2 N–H and O–H groups in total. The van der Waals surface area contributed by atoms with Crippen LogP contribution in [0.2, 0.25) is 0 Å². The Hall–Kier alpha value is -3.02. The van der Waals surface area contributed by atoms with Crippen molar-refractivity contribution >= 4 is 17.8 Å². The van der Waals surface area contributed by atoms with Crippen LogP contribution in [0, 0.1) is 20.8 Å². The fourth-order valence-corrected chi connectivity index (χ4v) is 2.38. The van der Waals surface area contributed by atoms with Gasteiger partial charge in [0, 0.05) is 11.3 Å². The molecule has 0 aliphatic rings. The number of hydrogen-bond acceptors (Lipinski definition) is 5. The Kier molecular flexibility index (Phi) is 6.60. The summed E-state index contributed by atoms with van der Waals surface area (Å²) in [6.45, 7) is 6.17. The lowest BCUT2D eigenvalue weighted by Gasteiger charge is -2.10. The monoisotopic (exact) mass is 355 g/mol. The van der Waals surface area contributed by atoms with Gasteiger partial charge in [0.15, 0.2) is 11.5 Å². The average Bonchev–Trinajstić information content (AvgIpc) is 2.63. The molecule has 2 aromatic rings. The molecule has 0 aliphatic heterocycles. The van der Waals surface area contributed by atoms with Gasteiger partial charge in [-0.05, 0) is 61.7 Å². The molecule has 0 aliphatic carbocycles. The average molecular weight is 355 g/mol. The Morgan fingerprint density at radius 1 is 1.00 bits per heavy atom. The van der Waals surface area contributed by atoms with E-state index in [2.05, 4.69) is 22.8 Å². The number of benzene rings is 2. The first-order chi connectivity index (χ1) is 12.4. The van der Waals surface area contributed by atoms with Gasteiger partial charge < -0.3 is 14.8 Å². The first-order valence-electron chi connectivity index (χ1n) is 8.30. The third-order valence-corrected chi connectivity index (χ3v) is 4.13. The van der Waals surface area contributed by atoms with Gasteiger partial charge in [0.25, 0.3) is 5.91 Å². The standard InChI is InChI=1S/C20H25N3O3/c1-13-6-7-17(8-14(13)2)21-12-20(24)23-22-11-16-10-19(26-5)18(25-4)9-15(16)3/h6-11,21H,12H2,1-5H3,(H,23,24)/b22-11-. The summed E-state index contributed by atoms with van der Waals surface area (Å²) in [5.41, 5.74) is 7.62. The number of hydrogen-bond donors (Lipinski definition) is 2. The minimum absolute atomic E-state index is 0.144. The van der Waals surface area contributed by atoms with E-state index in [4.69, 9.17) is 9.47 Å². The van der Waals surface area contributed by atoms with E-state index in [1.165, 1.54) is 11.1 Å². The number of carbonyl (C=O) groups excluding carboxylic acids is 1. The van der Waals surface area contributed by atoms with E-state index in [0.717, 1.165) is 16.8 Å². The van der Waals surface area contributed by atoms with Crippen molar-refractivity contribution < 1.29 is 14.3 Å². The van der Waals surface area contributed by atoms with Crippen LogP contribution in [0.4, 0.5) is 5.69 Å². The molecule has 2 rings (SSSR count). The normalized spacial score (nSPS) is 10.7. The molecule has 0 unspecified atom stereocenters. The van der Waals surface area contributed by atoms with Crippen LogP contribution in [0.3, 0.4) is 0 Å². The van der Waals surface area contributed by atoms with E-state index in [9.17, 15) is 4.79 Å². The highest BCUT2D eigenvalue weighted by Gasteiger charge is 2.07. The molecule has 0 saturated carbocycles. The largest absolute Gasteiger partial charge is 0.493 e. The second kappa shape index (κ2) is 8.89. The third-order valence-electron chi connectivity index (χ3n) is 4.13. The number of carbonyl (C=O) groups is 1. The number of amides is 1. The maximum Gasteiger partial charge on any atom is 0.259 e. The maximum absolute atomic E-state index is 11.9. The Bertz CT molecular complexity index is 816. The lowest BCUT2D eigenvalue weighted by molar-refractivity contribution is -0.119. The molecule has 1 amide bonds. The number of methoxy groups -OCH3 is 2. The predicted octanol–water partition coefficient (Wildman–Crippen LogP) is 3.19. The highest BCUT2D eigenvalue weighted by atomic mass is 16.5. The molecule has 0 saturated heterocycles. The van der Waals surface area contributed by atoms with Crippen LogP contribution in [0.25, 0.3) is 0 Å². The molecular formula is C20H25N3O3. The van der Waals surface area contributed by atoms with Gasteiger partial charge in [-0.1, -0.05) is 6.07 Å². The van der Waals surface area contributed by atoms with E-state index >= 15 is 0 Å². The molecule has 0 heterocycles. The van der Waals surface area contributed by atoms with Crippen LogP contribution in [-0.2, 0) is 4.79 Å². The second-order valence-electron chi connectivity index (χ2n) is 6.01. The molecule has 138 valence electrons. The molecule has 6 heteroatoms. The van der Waals surface area contributed by atoms with E-state index in [0.29, 0.717) is 11.5 Å². The number of anilines is 1. The van der Waals surface area contributed by atoms with Gasteiger partial charge in [0.05, 0.1) is 27.0 Å². The number of ether oxygens (including phenoxy) is 2. The number of hydrazone groups is 1. The Labute approximate surface area is 154 Å². The Balaban J connectivity index is 1.93. The summed E-state index contributed by atoms with van der Waals surface area (Å²) >= 11 is 0. The van der Waals surface area contributed by atoms with Gasteiger partial charge in [0.2, 0.25) is 0 Å². The van der Waals surface area contributed by atoms with Crippen molar-refractivity contribution in [2.75, 3.05) is 26.1 Å². The van der Waals surface area contributed by atoms with Crippen molar-refractivity contribution in [1.29, 1.82) is 0 Å². The highest BCUT2D eigenvalue weighted by Crippen LogP contribution is 2.29. The molecule has 0 bridgehead atoms. The van der Waals surface area contributed by atoms with Crippen molar-refractivity contribution in [2.45, 2.75) is 20.8 Å². The zero-order chi connectivity index (χ0) is 19.1. The summed E-state index contributed by atoms with van der Waals surface area (Å²) in [6, 6.07) is 9.67. The van der Waals surface area contributed by atoms with Crippen molar-refractivity contribution in [3.63, 3.8) is 0 Å². The van der Waals surface area contributed by atoms with Gasteiger partial charge >= 0.3 is 0 Å². The number of rotatable bonds is 7. The van der Waals surface area contributed by atoms with Gasteiger partial charge in [0.1, 0.15) is 0 Å². The smallest absolute Gasteiger partial charge is 0.259 e. The zero-order valence-electron chi connectivity index (χ0n) is 15.8. The molecule has 0 aromatic heterocycles. The van der Waals surface area contributed by atoms with Gasteiger partial charge in [-0.25, -0.2) is 5.43 Å². The molecular weight excluding hydrogens is 330 g/mol. The summed E-state index contributed by atoms with van der Waals surface area (Å²) in [5, 5.41) is 7.10. The Morgan fingerprint density at radius 2 is 1.69 bits per heavy atom. The van der Waals surface area contributed by atoms with Crippen LogP contribution in [0.5, 0.6) is 11.5 Å². The van der Waals surface area contributed by atoms with Crippen molar-refractivity contribution in [3.8, 4) is 11.5 Å². The van der Waals surface area contributed by atoms with E-state index in [-0.39, 0.29) is 12.5 Å². The van der Waals surface area contributed by atoms with Gasteiger partial charge in [-0.2, -0.15) is 5.10 Å². The molecule has 0 radical (unpaired) electrons. The van der Waals surface area contributed by atoms with E-state index < -0.39 is 0 Å². The zero-order valence-corrected chi connectivity index (χ0v) is 15.8. The molecule has 0 spiro atoms. The number of nitrogens with one attached hydrogen (secondary N) is 2. The van der Waals surface area contributed by atoms with Crippen LogP contribution in [0.15, 0.2) is 35.4 Å². The second-order valence-corrected chi connectivity index (χ2v) is 6.01. The molecule has 2 aromatic carbocycles. The van der Waals surface area contributed by atoms with Crippen LogP contribution in [-0.4, -0.2) is 32.9 Å². The van der Waals surface area contributed by atoms with Gasteiger partial charge in [-0.15, -0.1) is 0 Å². The van der Waals surface area contributed by atoms with Crippen molar-refractivity contribution in [1.82, 2.24) is 5.43 Å². The number of aryl methyl sites for hydroxylation is 3. The van der Waals surface area contributed by atoms with Crippen LogP contribution < -0.4 is 20.2 Å². The molecule has 0 fully saturated rings. The lowest BCUT2D eigenvalue weighted by Crippen LogP contribution is -2.25. The molecule has 26 heavy (non-hydrogen) atoms. The minimum atomic E-state index is -0.224. The first kappa shape index (κ1) is 19.3. The van der Waals surface area contributed by atoms with E-state index in [1.807, 2.05) is 44.2 Å². The summed E-state index contributed by atoms with van der Waals surface area (Å²) < 4.78 is 10.5. The lowest BCUT2D eigenvalue weighted by atomic mass is 10.1. The van der Waals surface area contributed by atoms with Crippen LogP contribution in [0.1, 0.15) is 22.3 Å². The third kappa shape index (κ3) is 4.99. The first-order valence-corrected chi connectivity index (χ1v) is 8.30. The number of nitrogens with zero attached hydrogens (tertiary/aromatic N) is 1. The fourth-order valence-electron chi connectivity index (χ4n) is 2.38. The quantitative estimate of drug-likeness (QED) is 0.591. The van der Waals surface area contributed by atoms with Gasteiger partial charge in [-0.3, -0.25) is 4.79 Å². The Morgan fingerprint density at radius 3 is 2.35 bits per heavy atom.